The van der Waals surface area contributed by atoms with Crippen molar-refractivity contribution in [3.8, 4) is 0 Å². The summed E-state index contributed by atoms with van der Waals surface area (Å²) in [4.78, 5) is 10.5. The standard InChI is InChI=1S/C29H47ClN4O/c1-3-4-5-6-7-8-9-10-11-12-13-14-15-16-17-28-22-29(33(2)35-28,23-34-25-31-24-32-34)26-18-20-27(30)21-19-26/h18-21,24-25,28H,3-17,22-23H2,1-2H3. The molecule has 5 nitrogen and oxygen atoms in total. The lowest BCUT2D eigenvalue weighted by molar-refractivity contribution is -0.176. The SMILES string of the molecule is CCCCCCCCCCCCCCCCC1CC(Cn2cncn2)(c2ccc(Cl)cc2)N(C)O1. The van der Waals surface area contributed by atoms with Crippen LogP contribution in [0.2, 0.25) is 5.02 Å². The molecule has 1 aliphatic rings. The molecule has 1 aromatic heterocycles. The van der Waals surface area contributed by atoms with Crippen LogP contribution in [-0.2, 0) is 16.9 Å². The van der Waals surface area contributed by atoms with Crippen molar-refractivity contribution < 1.29 is 4.84 Å². The molecule has 0 amide bonds. The highest BCUT2D eigenvalue weighted by molar-refractivity contribution is 6.30. The van der Waals surface area contributed by atoms with Gasteiger partial charge in [-0.25, -0.2) is 4.98 Å². The van der Waals surface area contributed by atoms with Gasteiger partial charge in [0, 0.05) is 18.5 Å². The molecule has 6 heteroatoms. The highest BCUT2D eigenvalue weighted by Crippen LogP contribution is 2.42. The molecule has 1 fully saturated rings. The van der Waals surface area contributed by atoms with E-state index in [1.54, 1.807) is 12.7 Å². The molecule has 0 N–H and O–H groups in total. The van der Waals surface area contributed by atoms with Crippen molar-refractivity contribution in [2.75, 3.05) is 7.05 Å². The largest absolute Gasteiger partial charge is 0.295 e. The van der Waals surface area contributed by atoms with Gasteiger partial charge in [-0.1, -0.05) is 121 Å². The van der Waals surface area contributed by atoms with Crippen molar-refractivity contribution in [3.63, 3.8) is 0 Å². The zero-order valence-corrected chi connectivity index (χ0v) is 22.9. The summed E-state index contributed by atoms with van der Waals surface area (Å²) in [6.07, 6.45) is 25.1. The Labute approximate surface area is 218 Å². The average molecular weight is 503 g/mol. The zero-order chi connectivity index (χ0) is 24.8. The Kier molecular flexibility index (Phi) is 12.6. The number of hydroxylamine groups is 2. The van der Waals surface area contributed by atoms with Crippen molar-refractivity contribution in [1.29, 1.82) is 0 Å². The van der Waals surface area contributed by atoms with Gasteiger partial charge in [0.15, 0.2) is 0 Å². The van der Waals surface area contributed by atoms with Gasteiger partial charge in [0.25, 0.3) is 0 Å². The second-order valence-electron chi connectivity index (χ2n) is 10.4. The van der Waals surface area contributed by atoms with Crippen LogP contribution in [0, 0.1) is 0 Å². The topological polar surface area (TPSA) is 43.2 Å². The first kappa shape index (κ1) is 28.1. The van der Waals surface area contributed by atoms with E-state index in [4.69, 9.17) is 16.4 Å². The predicted octanol–water partition coefficient (Wildman–Crippen LogP) is 8.33. The van der Waals surface area contributed by atoms with Crippen molar-refractivity contribution in [1.82, 2.24) is 19.8 Å². The third-order valence-electron chi connectivity index (χ3n) is 7.63. The van der Waals surface area contributed by atoms with E-state index >= 15 is 0 Å². The second kappa shape index (κ2) is 15.6. The van der Waals surface area contributed by atoms with E-state index in [1.807, 2.05) is 21.9 Å². The highest BCUT2D eigenvalue weighted by atomic mass is 35.5. The number of unbranched alkanes of at least 4 members (excludes halogenated alkanes) is 13. The summed E-state index contributed by atoms with van der Waals surface area (Å²) in [5.74, 6) is 0. The van der Waals surface area contributed by atoms with Crippen LogP contribution >= 0.6 is 11.6 Å². The molecule has 2 heterocycles. The number of aromatic nitrogens is 3. The lowest BCUT2D eigenvalue weighted by Crippen LogP contribution is -2.41. The van der Waals surface area contributed by atoms with E-state index in [9.17, 15) is 0 Å². The van der Waals surface area contributed by atoms with Crippen LogP contribution in [0.1, 0.15) is 115 Å². The molecular formula is C29H47ClN4O. The van der Waals surface area contributed by atoms with Crippen molar-refractivity contribution in [2.24, 2.45) is 0 Å². The van der Waals surface area contributed by atoms with E-state index < -0.39 is 0 Å². The van der Waals surface area contributed by atoms with Crippen LogP contribution in [0.4, 0.5) is 0 Å². The minimum Gasteiger partial charge on any atom is -0.295 e. The molecule has 0 bridgehead atoms. The molecule has 0 radical (unpaired) electrons. The summed E-state index contributed by atoms with van der Waals surface area (Å²) >= 11 is 6.17. The van der Waals surface area contributed by atoms with Crippen LogP contribution in [-0.4, -0.2) is 33.0 Å². The minimum atomic E-state index is -0.265. The fraction of sp³-hybridized carbons (Fsp3) is 0.724. The van der Waals surface area contributed by atoms with Crippen LogP contribution < -0.4 is 0 Å². The molecule has 1 aliphatic heterocycles. The molecule has 2 atom stereocenters. The van der Waals surface area contributed by atoms with Crippen molar-refractivity contribution >= 4 is 11.6 Å². The van der Waals surface area contributed by atoms with Crippen LogP contribution in [0.25, 0.3) is 0 Å². The summed E-state index contributed by atoms with van der Waals surface area (Å²) in [7, 11) is 2.05. The fourth-order valence-electron chi connectivity index (χ4n) is 5.49. The van der Waals surface area contributed by atoms with Gasteiger partial charge in [0.1, 0.15) is 12.7 Å². The van der Waals surface area contributed by atoms with E-state index in [0.29, 0.717) is 6.54 Å². The molecule has 2 unspecified atom stereocenters. The first-order chi connectivity index (χ1) is 17.1. The Morgan fingerprint density at radius 1 is 0.886 bits per heavy atom. The molecule has 3 rings (SSSR count). The third-order valence-corrected chi connectivity index (χ3v) is 7.88. The number of benzene rings is 1. The molecule has 1 saturated heterocycles. The van der Waals surface area contributed by atoms with E-state index in [0.717, 1.165) is 17.9 Å². The van der Waals surface area contributed by atoms with Crippen molar-refractivity contribution in [2.45, 2.75) is 128 Å². The van der Waals surface area contributed by atoms with Gasteiger partial charge >= 0.3 is 0 Å². The van der Waals surface area contributed by atoms with Gasteiger partial charge in [0.2, 0.25) is 0 Å². The maximum atomic E-state index is 6.36. The number of hydrogen-bond acceptors (Lipinski definition) is 4. The Morgan fingerprint density at radius 3 is 2.00 bits per heavy atom. The van der Waals surface area contributed by atoms with E-state index in [-0.39, 0.29) is 11.6 Å². The second-order valence-corrected chi connectivity index (χ2v) is 10.9. The van der Waals surface area contributed by atoms with Crippen LogP contribution in [0.15, 0.2) is 36.9 Å². The monoisotopic (exact) mass is 502 g/mol. The van der Waals surface area contributed by atoms with Crippen LogP contribution in [0.5, 0.6) is 0 Å². The Hall–Kier alpha value is -1.43. The van der Waals surface area contributed by atoms with Gasteiger partial charge in [-0.15, -0.1) is 0 Å². The number of hydrogen-bond donors (Lipinski definition) is 0. The van der Waals surface area contributed by atoms with Gasteiger partial charge in [0.05, 0.1) is 18.2 Å². The van der Waals surface area contributed by atoms with Crippen LogP contribution in [0.3, 0.4) is 0 Å². The molecule has 0 saturated carbocycles. The number of nitrogens with zero attached hydrogens (tertiary/aromatic N) is 4. The van der Waals surface area contributed by atoms with Crippen molar-refractivity contribution in [3.05, 3.63) is 47.5 Å². The summed E-state index contributed by atoms with van der Waals surface area (Å²) in [5.41, 5.74) is 0.947. The van der Waals surface area contributed by atoms with Gasteiger partial charge < -0.3 is 0 Å². The smallest absolute Gasteiger partial charge is 0.137 e. The molecule has 2 aromatic rings. The quantitative estimate of drug-likeness (QED) is 0.192. The molecule has 1 aromatic carbocycles. The summed E-state index contributed by atoms with van der Waals surface area (Å²) < 4.78 is 1.91. The van der Waals surface area contributed by atoms with Gasteiger partial charge in [-0.3, -0.25) is 9.52 Å². The minimum absolute atomic E-state index is 0.233. The normalized spacial score (nSPS) is 20.6. The number of halogens is 1. The predicted molar refractivity (Wildman–Crippen MR) is 145 cm³/mol. The highest BCUT2D eigenvalue weighted by Gasteiger charge is 2.46. The van der Waals surface area contributed by atoms with Gasteiger partial charge in [-0.05, 0) is 24.1 Å². The number of rotatable bonds is 18. The molecule has 35 heavy (non-hydrogen) atoms. The molecule has 0 aliphatic carbocycles. The third kappa shape index (κ3) is 9.18. The lowest BCUT2D eigenvalue weighted by Gasteiger charge is -2.34. The molecular weight excluding hydrogens is 456 g/mol. The summed E-state index contributed by atoms with van der Waals surface area (Å²) in [6.45, 7) is 3.00. The summed E-state index contributed by atoms with van der Waals surface area (Å²) in [5, 5.41) is 7.17. The average Bonchev–Trinajstić information content (AvgIpc) is 3.48. The summed E-state index contributed by atoms with van der Waals surface area (Å²) in [6, 6.07) is 8.17. The fourth-order valence-corrected chi connectivity index (χ4v) is 5.61. The number of likely N-dealkylation sites (N-methyl/N-ethyl adjacent to an activating group) is 1. The maximum Gasteiger partial charge on any atom is 0.137 e. The van der Waals surface area contributed by atoms with E-state index in [2.05, 4.69) is 36.2 Å². The lowest BCUT2D eigenvalue weighted by atomic mass is 9.84. The first-order valence-electron chi connectivity index (χ1n) is 14.1. The zero-order valence-electron chi connectivity index (χ0n) is 22.1. The maximum absolute atomic E-state index is 6.36. The Balaban J connectivity index is 1.32. The Morgan fingerprint density at radius 2 is 1.46 bits per heavy atom. The molecule has 0 spiro atoms. The molecule has 196 valence electrons. The first-order valence-corrected chi connectivity index (χ1v) is 14.5. The van der Waals surface area contributed by atoms with E-state index in [1.165, 1.54) is 95.5 Å². The van der Waals surface area contributed by atoms with Gasteiger partial charge in [-0.2, -0.15) is 10.2 Å². The Bertz CT molecular complexity index is 798.